The zero-order valence-corrected chi connectivity index (χ0v) is 9.16. The van der Waals surface area contributed by atoms with Gasteiger partial charge in [-0.25, -0.2) is 0 Å². The van der Waals surface area contributed by atoms with Crippen molar-refractivity contribution in [3.63, 3.8) is 0 Å². The number of rotatable bonds is 3. The molecule has 1 amide bonds. The van der Waals surface area contributed by atoms with Crippen molar-refractivity contribution in [3.8, 4) is 6.07 Å². The first-order valence-corrected chi connectivity index (χ1v) is 5.22. The van der Waals surface area contributed by atoms with Crippen molar-refractivity contribution in [2.24, 2.45) is 17.8 Å². The van der Waals surface area contributed by atoms with Crippen LogP contribution in [0.5, 0.6) is 0 Å². The van der Waals surface area contributed by atoms with Gasteiger partial charge in [-0.1, -0.05) is 20.8 Å². The van der Waals surface area contributed by atoms with E-state index in [0.717, 1.165) is 6.54 Å². The molecule has 0 aromatic heterocycles. The lowest BCUT2D eigenvalue weighted by atomic mass is 9.98. The van der Waals surface area contributed by atoms with Gasteiger partial charge in [0.25, 0.3) is 0 Å². The minimum atomic E-state index is -0.0816. The molecule has 78 valence electrons. The van der Waals surface area contributed by atoms with Gasteiger partial charge in [-0.05, 0) is 11.8 Å². The third-order valence-corrected chi connectivity index (χ3v) is 3.04. The molecule has 14 heavy (non-hydrogen) atoms. The van der Waals surface area contributed by atoms with Crippen LogP contribution in [0.2, 0.25) is 0 Å². The number of carbonyl (C=O) groups is 1. The van der Waals surface area contributed by atoms with E-state index in [-0.39, 0.29) is 11.8 Å². The second-order valence-electron chi connectivity index (χ2n) is 4.55. The van der Waals surface area contributed by atoms with Gasteiger partial charge in [-0.15, -0.1) is 0 Å². The van der Waals surface area contributed by atoms with Crippen LogP contribution in [-0.2, 0) is 4.79 Å². The Balaban J connectivity index is 2.47. The molecule has 3 heteroatoms. The first-order chi connectivity index (χ1) is 6.54. The topological polar surface area (TPSA) is 44.1 Å². The summed E-state index contributed by atoms with van der Waals surface area (Å²) >= 11 is 0. The van der Waals surface area contributed by atoms with Crippen molar-refractivity contribution in [1.82, 2.24) is 4.90 Å². The van der Waals surface area contributed by atoms with E-state index in [2.05, 4.69) is 26.8 Å². The van der Waals surface area contributed by atoms with Gasteiger partial charge in [0.1, 0.15) is 0 Å². The third-order valence-electron chi connectivity index (χ3n) is 3.04. The van der Waals surface area contributed by atoms with Crippen molar-refractivity contribution < 1.29 is 4.79 Å². The smallest absolute Gasteiger partial charge is 0.224 e. The van der Waals surface area contributed by atoms with Crippen LogP contribution in [0.3, 0.4) is 0 Å². The zero-order chi connectivity index (χ0) is 10.7. The number of likely N-dealkylation sites (tertiary alicyclic amines) is 1. The molecule has 0 aliphatic carbocycles. The molecule has 1 rings (SSSR count). The maximum atomic E-state index is 11.5. The number of nitrogens with zero attached hydrogens (tertiary/aromatic N) is 2. The Labute approximate surface area is 85.7 Å². The molecule has 0 radical (unpaired) electrons. The minimum absolute atomic E-state index is 0.0816. The average Bonchev–Trinajstić information content (AvgIpc) is 2.47. The van der Waals surface area contributed by atoms with E-state index in [1.807, 2.05) is 4.90 Å². The van der Waals surface area contributed by atoms with Crippen molar-refractivity contribution in [2.45, 2.75) is 27.2 Å². The fourth-order valence-corrected chi connectivity index (χ4v) is 1.59. The maximum absolute atomic E-state index is 11.5. The summed E-state index contributed by atoms with van der Waals surface area (Å²) in [7, 11) is 0. The Morgan fingerprint density at radius 1 is 1.57 bits per heavy atom. The van der Waals surface area contributed by atoms with E-state index in [9.17, 15) is 4.79 Å². The van der Waals surface area contributed by atoms with E-state index in [4.69, 9.17) is 5.26 Å². The van der Waals surface area contributed by atoms with Crippen LogP contribution in [0, 0.1) is 29.1 Å². The van der Waals surface area contributed by atoms with Gasteiger partial charge in [0.15, 0.2) is 0 Å². The number of carbonyl (C=O) groups excluding carboxylic acids is 1. The van der Waals surface area contributed by atoms with Crippen molar-refractivity contribution in [2.75, 3.05) is 13.1 Å². The molecule has 0 aromatic rings. The number of hydrogen-bond donors (Lipinski definition) is 0. The van der Waals surface area contributed by atoms with Crippen molar-refractivity contribution >= 4 is 5.91 Å². The molecule has 1 heterocycles. The molecule has 1 aliphatic heterocycles. The predicted octanol–water partition coefficient (Wildman–Crippen LogP) is 1.65. The Kier molecular flexibility index (Phi) is 3.51. The van der Waals surface area contributed by atoms with Gasteiger partial charge in [0.05, 0.1) is 12.0 Å². The molecular formula is C11H18N2O. The number of nitriles is 1. The second kappa shape index (κ2) is 4.45. The highest BCUT2D eigenvalue weighted by Gasteiger charge is 2.30. The third kappa shape index (κ3) is 2.47. The van der Waals surface area contributed by atoms with Crippen LogP contribution >= 0.6 is 0 Å². The summed E-state index contributed by atoms with van der Waals surface area (Å²) in [6.07, 6.45) is 0.418. The van der Waals surface area contributed by atoms with Gasteiger partial charge in [0, 0.05) is 19.5 Å². The highest BCUT2D eigenvalue weighted by Crippen LogP contribution is 2.20. The van der Waals surface area contributed by atoms with Gasteiger partial charge in [-0.3, -0.25) is 4.79 Å². The van der Waals surface area contributed by atoms with Gasteiger partial charge < -0.3 is 4.90 Å². The van der Waals surface area contributed by atoms with Crippen LogP contribution in [0.15, 0.2) is 0 Å². The molecule has 1 fully saturated rings. The molecule has 0 N–H and O–H groups in total. The summed E-state index contributed by atoms with van der Waals surface area (Å²) in [5, 5.41) is 8.72. The molecule has 1 aliphatic rings. The quantitative estimate of drug-likeness (QED) is 0.685. The normalized spacial score (nSPS) is 24.1. The van der Waals surface area contributed by atoms with Crippen LogP contribution in [0.4, 0.5) is 0 Å². The molecule has 3 nitrogen and oxygen atoms in total. The van der Waals surface area contributed by atoms with Crippen LogP contribution in [0.1, 0.15) is 27.2 Å². The zero-order valence-electron chi connectivity index (χ0n) is 9.16. The SMILES string of the molecule is CC(C)C(C)CN1CC(C#N)CC1=O. The number of amides is 1. The lowest BCUT2D eigenvalue weighted by Gasteiger charge is -2.23. The average molecular weight is 194 g/mol. The van der Waals surface area contributed by atoms with E-state index in [0.29, 0.717) is 24.8 Å². The second-order valence-corrected chi connectivity index (χ2v) is 4.55. The molecule has 0 spiro atoms. The first kappa shape index (κ1) is 11.0. The molecule has 2 unspecified atom stereocenters. The van der Waals surface area contributed by atoms with Gasteiger partial charge in [0.2, 0.25) is 5.91 Å². The highest BCUT2D eigenvalue weighted by molar-refractivity contribution is 5.79. The molecule has 0 bridgehead atoms. The van der Waals surface area contributed by atoms with Crippen LogP contribution < -0.4 is 0 Å². The van der Waals surface area contributed by atoms with E-state index >= 15 is 0 Å². The fraction of sp³-hybridized carbons (Fsp3) is 0.818. The molecule has 0 saturated carbocycles. The Bertz CT molecular complexity index is 255. The van der Waals surface area contributed by atoms with E-state index < -0.39 is 0 Å². The highest BCUT2D eigenvalue weighted by atomic mass is 16.2. The first-order valence-electron chi connectivity index (χ1n) is 5.22. The van der Waals surface area contributed by atoms with E-state index in [1.54, 1.807) is 0 Å². The summed E-state index contributed by atoms with van der Waals surface area (Å²) in [4.78, 5) is 13.3. The molecular weight excluding hydrogens is 176 g/mol. The Morgan fingerprint density at radius 2 is 2.21 bits per heavy atom. The Hall–Kier alpha value is -1.04. The molecule has 2 atom stereocenters. The largest absolute Gasteiger partial charge is 0.341 e. The van der Waals surface area contributed by atoms with Crippen molar-refractivity contribution in [1.29, 1.82) is 5.26 Å². The van der Waals surface area contributed by atoms with Gasteiger partial charge >= 0.3 is 0 Å². The fourth-order valence-electron chi connectivity index (χ4n) is 1.59. The molecule has 1 saturated heterocycles. The van der Waals surface area contributed by atoms with Crippen LogP contribution in [-0.4, -0.2) is 23.9 Å². The van der Waals surface area contributed by atoms with Gasteiger partial charge in [-0.2, -0.15) is 5.26 Å². The summed E-state index contributed by atoms with van der Waals surface area (Å²) < 4.78 is 0. The molecule has 0 aromatic carbocycles. The van der Waals surface area contributed by atoms with Crippen LogP contribution in [0.25, 0.3) is 0 Å². The summed E-state index contributed by atoms with van der Waals surface area (Å²) in [6, 6.07) is 2.16. The summed E-state index contributed by atoms with van der Waals surface area (Å²) in [6.45, 7) is 7.90. The predicted molar refractivity (Wildman–Crippen MR) is 54.3 cm³/mol. The minimum Gasteiger partial charge on any atom is -0.341 e. The maximum Gasteiger partial charge on any atom is 0.224 e. The standard InChI is InChI=1S/C11H18N2O/c1-8(2)9(3)6-13-7-10(5-12)4-11(13)14/h8-10H,4,6-7H2,1-3H3. The van der Waals surface area contributed by atoms with Crippen molar-refractivity contribution in [3.05, 3.63) is 0 Å². The number of hydrogen-bond acceptors (Lipinski definition) is 2. The Morgan fingerprint density at radius 3 is 2.64 bits per heavy atom. The monoisotopic (exact) mass is 194 g/mol. The van der Waals surface area contributed by atoms with E-state index in [1.165, 1.54) is 0 Å². The lowest BCUT2D eigenvalue weighted by Crippen LogP contribution is -2.31. The summed E-state index contributed by atoms with van der Waals surface area (Å²) in [5.74, 6) is 1.16. The summed E-state index contributed by atoms with van der Waals surface area (Å²) in [5.41, 5.74) is 0. The lowest BCUT2D eigenvalue weighted by molar-refractivity contribution is -0.128.